The third kappa shape index (κ3) is 3.11. The topological polar surface area (TPSA) is 88.1 Å². The molecule has 0 atom stereocenters. The Morgan fingerprint density at radius 3 is 2.56 bits per heavy atom. The van der Waals surface area contributed by atoms with Crippen molar-refractivity contribution >= 4 is 28.6 Å². The minimum absolute atomic E-state index is 0.120. The number of hydrogen-bond donors (Lipinski definition) is 2. The minimum atomic E-state index is -1.05. The van der Waals surface area contributed by atoms with E-state index in [4.69, 9.17) is 16.3 Å². The number of carboxylic acid groups (broad SMARTS) is 1. The normalized spacial score (nSPS) is 10.9. The minimum Gasteiger partial charge on any atom is -0.497 e. The molecule has 27 heavy (non-hydrogen) atoms. The molecular formula is C20H14ClN3O3. The van der Waals surface area contributed by atoms with E-state index in [-0.39, 0.29) is 5.56 Å². The first-order chi connectivity index (χ1) is 13.1. The summed E-state index contributed by atoms with van der Waals surface area (Å²) in [5.41, 5.74) is 3.05. The zero-order valence-corrected chi connectivity index (χ0v) is 15.0. The van der Waals surface area contributed by atoms with Crippen molar-refractivity contribution in [1.82, 2.24) is 15.2 Å². The smallest absolute Gasteiger partial charge is 0.336 e. The lowest BCUT2D eigenvalue weighted by molar-refractivity contribution is 0.0699. The highest BCUT2D eigenvalue weighted by Crippen LogP contribution is 2.32. The van der Waals surface area contributed by atoms with Crippen LogP contribution in [0.15, 0.2) is 54.6 Å². The average Bonchev–Trinajstić information content (AvgIpc) is 3.11. The first-order valence-electron chi connectivity index (χ1n) is 8.09. The third-order valence-corrected chi connectivity index (χ3v) is 4.49. The Hall–Kier alpha value is -3.38. The Kier molecular flexibility index (Phi) is 4.25. The Morgan fingerprint density at radius 1 is 1.11 bits per heavy atom. The van der Waals surface area contributed by atoms with E-state index in [0.717, 1.165) is 11.1 Å². The molecule has 134 valence electrons. The number of rotatable bonds is 4. The summed E-state index contributed by atoms with van der Waals surface area (Å²) in [6.07, 6.45) is 0. The quantitative estimate of drug-likeness (QED) is 0.538. The summed E-state index contributed by atoms with van der Waals surface area (Å²) in [6.45, 7) is 0. The van der Waals surface area contributed by atoms with Crippen LogP contribution in [-0.2, 0) is 0 Å². The predicted octanol–water partition coefficient (Wildman–Crippen LogP) is 4.65. The number of aromatic nitrogens is 3. The number of halogens is 1. The number of carbonyl (C=O) groups is 1. The van der Waals surface area contributed by atoms with Crippen molar-refractivity contribution in [2.75, 3.05) is 7.11 Å². The highest BCUT2D eigenvalue weighted by Gasteiger charge is 2.19. The van der Waals surface area contributed by atoms with Crippen molar-refractivity contribution in [2.24, 2.45) is 0 Å². The molecule has 0 bridgehead atoms. The molecule has 0 spiro atoms. The van der Waals surface area contributed by atoms with Gasteiger partial charge in [-0.2, -0.15) is 5.10 Å². The second kappa shape index (κ2) is 6.74. The van der Waals surface area contributed by atoms with Crippen LogP contribution >= 0.6 is 11.6 Å². The molecule has 0 fully saturated rings. The number of aromatic amines is 1. The van der Waals surface area contributed by atoms with Gasteiger partial charge in [0.25, 0.3) is 0 Å². The Labute approximate surface area is 159 Å². The zero-order chi connectivity index (χ0) is 19.0. The van der Waals surface area contributed by atoms with Gasteiger partial charge >= 0.3 is 5.97 Å². The van der Waals surface area contributed by atoms with Gasteiger partial charge in [-0.1, -0.05) is 23.7 Å². The van der Waals surface area contributed by atoms with Crippen molar-refractivity contribution in [3.63, 3.8) is 0 Å². The van der Waals surface area contributed by atoms with Gasteiger partial charge in [0.1, 0.15) is 5.75 Å². The van der Waals surface area contributed by atoms with E-state index in [1.54, 1.807) is 43.5 Å². The van der Waals surface area contributed by atoms with Gasteiger partial charge in [-0.15, -0.1) is 0 Å². The summed E-state index contributed by atoms with van der Waals surface area (Å²) < 4.78 is 5.17. The van der Waals surface area contributed by atoms with Crippen molar-refractivity contribution in [3.8, 4) is 28.3 Å². The molecule has 0 unspecified atom stereocenters. The number of nitrogens with zero attached hydrogens (tertiary/aromatic N) is 2. The van der Waals surface area contributed by atoms with Crippen LogP contribution < -0.4 is 4.74 Å². The second-order valence-electron chi connectivity index (χ2n) is 5.90. The van der Waals surface area contributed by atoms with E-state index in [2.05, 4.69) is 15.2 Å². The van der Waals surface area contributed by atoms with E-state index in [1.807, 2.05) is 18.2 Å². The highest BCUT2D eigenvalue weighted by molar-refractivity contribution is 6.30. The number of ether oxygens (including phenoxy) is 1. The average molecular weight is 380 g/mol. The number of aromatic carboxylic acids is 1. The molecule has 6 nitrogen and oxygen atoms in total. The van der Waals surface area contributed by atoms with Gasteiger partial charge in [0.15, 0.2) is 5.65 Å². The van der Waals surface area contributed by atoms with Crippen molar-refractivity contribution in [3.05, 3.63) is 65.2 Å². The van der Waals surface area contributed by atoms with E-state index in [9.17, 15) is 9.90 Å². The lowest BCUT2D eigenvalue weighted by Crippen LogP contribution is -2.00. The van der Waals surface area contributed by atoms with Crippen LogP contribution in [0.25, 0.3) is 33.5 Å². The van der Waals surface area contributed by atoms with E-state index < -0.39 is 5.97 Å². The van der Waals surface area contributed by atoms with Crippen LogP contribution in [0.5, 0.6) is 5.75 Å². The fraction of sp³-hybridized carbons (Fsp3) is 0.0500. The van der Waals surface area contributed by atoms with Crippen molar-refractivity contribution in [1.29, 1.82) is 0 Å². The highest BCUT2D eigenvalue weighted by atomic mass is 35.5. The number of benzene rings is 2. The molecule has 2 aromatic heterocycles. The maximum Gasteiger partial charge on any atom is 0.336 e. The second-order valence-corrected chi connectivity index (χ2v) is 6.33. The summed E-state index contributed by atoms with van der Waals surface area (Å²) in [5.74, 6) is -0.343. The fourth-order valence-corrected chi connectivity index (χ4v) is 3.14. The molecule has 0 aliphatic rings. The summed E-state index contributed by atoms with van der Waals surface area (Å²) in [7, 11) is 1.59. The fourth-order valence-electron chi connectivity index (χ4n) is 2.95. The van der Waals surface area contributed by atoms with Gasteiger partial charge in [0.2, 0.25) is 0 Å². The summed E-state index contributed by atoms with van der Waals surface area (Å²) in [6, 6.07) is 15.9. The molecule has 2 heterocycles. The number of pyridine rings is 1. The number of nitrogens with one attached hydrogen (secondary N) is 1. The van der Waals surface area contributed by atoms with E-state index in [1.165, 1.54) is 0 Å². The summed E-state index contributed by atoms with van der Waals surface area (Å²) in [4.78, 5) is 16.5. The van der Waals surface area contributed by atoms with Gasteiger partial charge in [0, 0.05) is 16.1 Å². The first-order valence-corrected chi connectivity index (χ1v) is 8.47. The Morgan fingerprint density at radius 2 is 1.89 bits per heavy atom. The molecule has 0 saturated carbocycles. The molecular weight excluding hydrogens is 366 g/mol. The molecule has 0 saturated heterocycles. The van der Waals surface area contributed by atoms with Gasteiger partial charge in [-0.25, -0.2) is 9.78 Å². The molecule has 0 amide bonds. The standard InChI is InChI=1S/C20H14ClN3O3/c1-27-14-7-5-11(6-8-14)18-17-15(20(25)26)10-16(22-19(17)24-23-18)12-3-2-4-13(21)9-12/h2-10H,1H3,(H,25,26)(H,22,23,24). The van der Waals surface area contributed by atoms with Crippen LogP contribution in [0.3, 0.4) is 0 Å². The number of fused-ring (bicyclic) bond motifs is 1. The Bertz CT molecular complexity index is 1150. The molecule has 7 heteroatoms. The summed E-state index contributed by atoms with van der Waals surface area (Å²) >= 11 is 6.05. The largest absolute Gasteiger partial charge is 0.497 e. The molecule has 0 aliphatic heterocycles. The predicted molar refractivity (Wildman–Crippen MR) is 103 cm³/mol. The van der Waals surface area contributed by atoms with Crippen molar-refractivity contribution in [2.45, 2.75) is 0 Å². The zero-order valence-electron chi connectivity index (χ0n) is 14.2. The molecule has 4 aromatic rings. The van der Waals surface area contributed by atoms with Crippen LogP contribution in [0.1, 0.15) is 10.4 Å². The van der Waals surface area contributed by atoms with E-state index in [0.29, 0.717) is 33.2 Å². The third-order valence-electron chi connectivity index (χ3n) is 4.25. The van der Waals surface area contributed by atoms with Gasteiger partial charge in [-0.3, -0.25) is 5.10 Å². The maximum atomic E-state index is 11.9. The van der Waals surface area contributed by atoms with Crippen LogP contribution in [0, 0.1) is 0 Å². The number of H-pyrrole nitrogens is 1. The lowest BCUT2D eigenvalue weighted by atomic mass is 10.0. The SMILES string of the molecule is COc1ccc(-c2[nH]nc3nc(-c4cccc(Cl)c4)cc(C(=O)O)c23)cc1. The molecule has 0 aliphatic carbocycles. The molecule has 2 aromatic carbocycles. The number of hydrogen-bond acceptors (Lipinski definition) is 4. The van der Waals surface area contributed by atoms with Crippen LogP contribution in [-0.4, -0.2) is 33.4 Å². The van der Waals surface area contributed by atoms with Gasteiger partial charge < -0.3 is 9.84 Å². The van der Waals surface area contributed by atoms with E-state index >= 15 is 0 Å². The number of methoxy groups -OCH3 is 1. The van der Waals surface area contributed by atoms with Gasteiger partial charge in [0.05, 0.1) is 29.4 Å². The first kappa shape index (κ1) is 17.1. The van der Waals surface area contributed by atoms with Crippen molar-refractivity contribution < 1.29 is 14.6 Å². The van der Waals surface area contributed by atoms with Gasteiger partial charge in [-0.05, 0) is 42.5 Å². The molecule has 2 N–H and O–H groups in total. The molecule has 4 rings (SSSR count). The van der Waals surface area contributed by atoms with Crippen LogP contribution in [0.2, 0.25) is 5.02 Å². The summed E-state index contributed by atoms with van der Waals surface area (Å²) in [5, 5.41) is 17.9. The molecule has 0 radical (unpaired) electrons. The Balaban J connectivity index is 1.92. The maximum absolute atomic E-state index is 11.9. The van der Waals surface area contributed by atoms with Crippen LogP contribution in [0.4, 0.5) is 0 Å². The lowest BCUT2D eigenvalue weighted by Gasteiger charge is -2.06. The number of carboxylic acids is 1. The monoisotopic (exact) mass is 379 g/mol.